The van der Waals surface area contributed by atoms with Gasteiger partial charge in [0.15, 0.2) is 16.6 Å². The summed E-state index contributed by atoms with van der Waals surface area (Å²) in [6.45, 7) is 1.93. The minimum atomic E-state index is -0.513. The molecule has 1 N–H and O–H groups in total. The Hall–Kier alpha value is -4.36. The predicted octanol–water partition coefficient (Wildman–Crippen LogP) is 3.30. The number of fused-ring (bicyclic) bond motifs is 2. The highest BCUT2D eigenvalue weighted by Gasteiger charge is 2.36. The monoisotopic (exact) mass is 517 g/mol. The molecular weight excluding hydrogens is 502 g/mol. The molecule has 2 aliphatic heterocycles. The second-order valence-corrected chi connectivity index (χ2v) is 9.78. The Labute approximate surface area is 211 Å². The quantitative estimate of drug-likeness (QED) is 0.398. The van der Waals surface area contributed by atoms with Crippen molar-refractivity contribution < 1.29 is 13.9 Å². The lowest BCUT2D eigenvalue weighted by molar-refractivity contribution is -0.114. The van der Waals surface area contributed by atoms with Crippen molar-refractivity contribution >= 4 is 56.1 Å². The van der Waals surface area contributed by atoms with E-state index in [0.29, 0.717) is 37.9 Å². The first kappa shape index (κ1) is 22.1. The molecule has 6 rings (SSSR count). The fourth-order valence-corrected chi connectivity index (χ4v) is 5.13. The molecular formula is C23H15N7O4S2. The van der Waals surface area contributed by atoms with Crippen LogP contribution in [0.15, 0.2) is 73.6 Å². The van der Waals surface area contributed by atoms with Crippen LogP contribution < -0.4 is 10.3 Å². The zero-order chi connectivity index (χ0) is 24.8. The van der Waals surface area contributed by atoms with Gasteiger partial charge in [0, 0.05) is 6.07 Å². The summed E-state index contributed by atoms with van der Waals surface area (Å²) in [6, 6.07) is 11.9. The molecule has 1 amide bonds. The maximum atomic E-state index is 12.6. The molecule has 0 saturated heterocycles. The number of rotatable bonds is 5. The number of carbonyl (C=O) groups excluding carboxylic acids is 1. The van der Waals surface area contributed by atoms with E-state index in [9.17, 15) is 9.59 Å². The Morgan fingerprint density at radius 3 is 2.81 bits per heavy atom. The Morgan fingerprint density at radius 1 is 1.19 bits per heavy atom. The number of nitrogens with zero attached hydrogens (tertiary/aromatic N) is 6. The lowest BCUT2D eigenvalue weighted by atomic mass is 10.1. The Balaban J connectivity index is 1.17. The van der Waals surface area contributed by atoms with E-state index in [1.54, 1.807) is 42.5 Å². The summed E-state index contributed by atoms with van der Waals surface area (Å²) in [5.74, 6) is 0.529. The number of hydrogen-bond acceptors (Lipinski definition) is 10. The van der Waals surface area contributed by atoms with Crippen LogP contribution in [0.5, 0.6) is 5.75 Å². The maximum Gasteiger partial charge on any atom is 0.283 e. The number of nitrogens with one attached hydrogen (secondary N) is 1. The van der Waals surface area contributed by atoms with Crippen LogP contribution in [0.1, 0.15) is 22.0 Å². The van der Waals surface area contributed by atoms with Gasteiger partial charge in [-0.3, -0.25) is 15.0 Å². The van der Waals surface area contributed by atoms with Gasteiger partial charge in [-0.1, -0.05) is 23.5 Å². The van der Waals surface area contributed by atoms with E-state index in [-0.39, 0.29) is 23.6 Å². The van der Waals surface area contributed by atoms with Crippen LogP contribution in [0, 0.1) is 12.3 Å². The van der Waals surface area contributed by atoms with Crippen LogP contribution in [-0.2, 0) is 11.4 Å². The van der Waals surface area contributed by atoms with Gasteiger partial charge >= 0.3 is 0 Å². The molecule has 0 atom stereocenters. The largest absolute Gasteiger partial charge is 0.487 e. The van der Waals surface area contributed by atoms with E-state index in [4.69, 9.17) is 14.6 Å². The molecule has 3 aromatic heterocycles. The fraction of sp³-hybridized carbons (Fsp3) is 0.0870. The summed E-state index contributed by atoms with van der Waals surface area (Å²) in [4.78, 5) is 33.8. The number of amidine groups is 2. The lowest BCUT2D eigenvalue weighted by Gasteiger charge is -2.20. The average Bonchev–Trinajstić information content (AvgIpc) is 3.60. The molecule has 11 nitrogen and oxygen atoms in total. The van der Waals surface area contributed by atoms with Crippen molar-refractivity contribution in [2.75, 3.05) is 0 Å². The molecule has 0 fully saturated rings. The number of benzene rings is 1. The second-order valence-electron chi connectivity index (χ2n) is 7.66. The molecule has 0 saturated carbocycles. The van der Waals surface area contributed by atoms with Crippen molar-refractivity contribution in [3.8, 4) is 5.75 Å². The summed E-state index contributed by atoms with van der Waals surface area (Å²) in [5.41, 5.74) is 1.06. The molecule has 178 valence electrons. The molecule has 1 aromatic carbocycles. The molecule has 0 aliphatic carbocycles. The van der Waals surface area contributed by atoms with Crippen LogP contribution in [0.3, 0.4) is 0 Å². The number of furan rings is 1. The van der Waals surface area contributed by atoms with Crippen molar-refractivity contribution in [1.82, 2.24) is 19.6 Å². The Bertz CT molecular complexity index is 1680. The molecule has 4 aromatic rings. The van der Waals surface area contributed by atoms with Gasteiger partial charge in [0.05, 0.1) is 17.5 Å². The van der Waals surface area contributed by atoms with E-state index >= 15 is 0 Å². The van der Waals surface area contributed by atoms with Gasteiger partial charge in [-0.15, -0.1) is 0 Å². The van der Waals surface area contributed by atoms with Crippen molar-refractivity contribution in [1.29, 1.82) is 5.41 Å². The topological polar surface area (TPSA) is 139 Å². The number of carbonyl (C=O) groups is 1. The number of aromatic nitrogens is 3. The third-order valence-electron chi connectivity index (χ3n) is 5.16. The first-order chi connectivity index (χ1) is 17.4. The van der Waals surface area contributed by atoms with Gasteiger partial charge in [-0.05, 0) is 54.6 Å². The molecule has 0 spiro atoms. The van der Waals surface area contributed by atoms with Gasteiger partial charge in [-0.2, -0.15) is 24.7 Å². The van der Waals surface area contributed by atoms with E-state index in [0.717, 1.165) is 5.01 Å². The van der Waals surface area contributed by atoms with E-state index < -0.39 is 5.91 Å². The zero-order valence-electron chi connectivity index (χ0n) is 18.5. The van der Waals surface area contributed by atoms with Gasteiger partial charge in [0.2, 0.25) is 10.1 Å². The summed E-state index contributed by atoms with van der Waals surface area (Å²) in [5, 5.41) is 19.9. The Kier molecular flexibility index (Phi) is 5.34. The minimum absolute atomic E-state index is 0.0644. The molecule has 0 radical (unpaired) electrons. The van der Waals surface area contributed by atoms with Crippen molar-refractivity contribution in [3.63, 3.8) is 0 Å². The number of aryl methyl sites for hydroxylation is 1. The number of thioether (sulfide) groups is 1. The van der Waals surface area contributed by atoms with Crippen molar-refractivity contribution in [2.45, 2.75) is 13.5 Å². The van der Waals surface area contributed by atoms with Gasteiger partial charge in [-0.25, -0.2) is 4.98 Å². The van der Waals surface area contributed by atoms with Crippen molar-refractivity contribution in [2.24, 2.45) is 10.1 Å². The van der Waals surface area contributed by atoms with Crippen LogP contribution in [-0.4, -0.2) is 41.6 Å². The van der Waals surface area contributed by atoms with Gasteiger partial charge < -0.3 is 9.15 Å². The maximum absolute atomic E-state index is 12.6. The third kappa shape index (κ3) is 4.03. The molecule has 36 heavy (non-hydrogen) atoms. The van der Waals surface area contributed by atoms with E-state index in [1.807, 2.05) is 6.92 Å². The van der Waals surface area contributed by atoms with Crippen LogP contribution >= 0.6 is 23.1 Å². The molecule has 0 bridgehead atoms. The Morgan fingerprint density at radius 2 is 2.03 bits per heavy atom. The van der Waals surface area contributed by atoms with Crippen molar-refractivity contribution in [3.05, 3.63) is 86.7 Å². The number of hydrogen-bond donors (Lipinski definition) is 1. The van der Waals surface area contributed by atoms with E-state index in [2.05, 4.69) is 20.2 Å². The highest BCUT2D eigenvalue weighted by molar-refractivity contribution is 8.27. The normalized spacial score (nSPS) is 16.5. The fourth-order valence-electron chi connectivity index (χ4n) is 3.50. The molecule has 5 heterocycles. The standard InChI is InChI=1S/C23H15N7O4S2/c1-12-27-29-18(31)10-14(25-22(29)35-12)11-34-15-6-4-13(5-7-15)9-16-19(24)30-23(26-20(16)32)36-21(28-30)17-3-2-8-33-17/h2-10,24H,11H2,1H3/b16-9-,24-19?. The lowest BCUT2D eigenvalue weighted by Crippen LogP contribution is -2.35. The number of amides is 1. The summed E-state index contributed by atoms with van der Waals surface area (Å²) < 4.78 is 12.4. The highest BCUT2D eigenvalue weighted by Crippen LogP contribution is 2.31. The number of ether oxygens (including phenoxy) is 1. The summed E-state index contributed by atoms with van der Waals surface area (Å²) in [7, 11) is 0. The second kappa shape index (κ2) is 8.70. The molecule has 13 heteroatoms. The van der Waals surface area contributed by atoms with Crippen LogP contribution in [0.2, 0.25) is 0 Å². The highest BCUT2D eigenvalue weighted by atomic mass is 32.2. The van der Waals surface area contributed by atoms with Gasteiger partial charge in [0.1, 0.15) is 17.4 Å². The number of hydrazone groups is 1. The number of aliphatic imine (C=N–C) groups is 1. The summed E-state index contributed by atoms with van der Waals surface area (Å²) in [6.07, 6.45) is 3.12. The first-order valence-corrected chi connectivity index (χ1v) is 12.2. The zero-order valence-corrected chi connectivity index (χ0v) is 20.2. The van der Waals surface area contributed by atoms with Crippen LogP contribution in [0.25, 0.3) is 11.0 Å². The summed E-state index contributed by atoms with van der Waals surface area (Å²) >= 11 is 2.51. The SMILES string of the molecule is Cc1nn2c(=O)cc(COc3ccc(/C=C4/C(=N)N5N=C(c6ccco6)SC5=NC4=O)cc3)nc2s1. The molecule has 0 unspecified atom stereocenters. The predicted molar refractivity (Wildman–Crippen MR) is 135 cm³/mol. The smallest absolute Gasteiger partial charge is 0.283 e. The third-order valence-corrected chi connectivity index (χ3v) is 6.91. The van der Waals surface area contributed by atoms with Crippen LogP contribution in [0.4, 0.5) is 0 Å². The first-order valence-electron chi connectivity index (χ1n) is 10.6. The average molecular weight is 518 g/mol. The van der Waals surface area contributed by atoms with E-state index in [1.165, 1.54) is 45.0 Å². The van der Waals surface area contributed by atoms with Gasteiger partial charge in [0.25, 0.3) is 11.5 Å². The minimum Gasteiger partial charge on any atom is -0.487 e. The molecule has 2 aliphatic rings.